The van der Waals surface area contributed by atoms with Crippen molar-refractivity contribution in [1.29, 1.82) is 0 Å². The van der Waals surface area contributed by atoms with Gasteiger partial charge in [-0.05, 0) is 140 Å². The van der Waals surface area contributed by atoms with E-state index in [0.717, 1.165) is 0 Å². The van der Waals surface area contributed by atoms with Crippen molar-refractivity contribution in [3.63, 3.8) is 0 Å². The standard InChI is InChI=1S/C56H36/c1-2-16-39(17-3-1)55-49-22-10-12-24-51(49)56(52-25-13-11-23-50(52)55)45-31-30-44-34-46(42-28-26-37-14-4-6-18-40(37)32-42)36-54(53(44)35-45)48-21-9-8-20-47(48)43-29-27-38-15-5-7-19-41(38)33-43/h1-36H. The highest BCUT2D eigenvalue weighted by molar-refractivity contribution is 6.22. The van der Waals surface area contributed by atoms with Crippen molar-refractivity contribution >= 4 is 53.9 Å². The van der Waals surface area contributed by atoms with Gasteiger partial charge in [0.05, 0.1) is 0 Å². The Kier molecular flexibility index (Phi) is 7.60. The topological polar surface area (TPSA) is 0 Å². The van der Waals surface area contributed by atoms with Gasteiger partial charge in [0.25, 0.3) is 0 Å². The largest absolute Gasteiger partial charge is 0.0622 e. The smallest absolute Gasteiger partial charge is 0.00261 e. The quantitative estimate of drug-likeness (QED) is 0.156. The monoisotopic (exact) mass is 708 g/mol. The van der Waals surface area contributed by atoms with Crippen molar-refractivity contribution in [3.8, 4) is 55.6 Å². The highest BCUT2D eigenvalue weighted by atomic mass is 14.2. The Hall–Kier alpha value is -7.28. The van der Waals surface area contributed by atoms with E-state index in [-0.39, 0.29) is 0 Å². The number of benzene rings is 11. The third-order valence-corrected chi connectivity index (χ3v) is 11.6. The molecule has 0 atom stereocenters. The Labute approximate surface area is 326 Å². The van der Waals surface area contributed by atoms with E-state index in [4.69, 9.17) is 0 Å². The molecule has 0 spiro atoms. The molecule has 0 saturated heterocycles. The summed E-state index contributed by atoms with van der Waals surface area (Å²) in [5.41, 5.74) is 12.3. The van der Waals surface area contributed by atoms with Crippen LogP contribution in [0.4, 0.5) is 0 Å². The van der Waals surface area contributed by atoms with Gasteiger partial charge in [-0.2, -0.15) is 0 Å². The van der Waals surface area contributed by atoms with Crippen LogP contribution in [-0.4, -0.2) is 0 Å². The van der Waals surface area contributed by atoms with Crippen molar-refractivity contribution in [2.45, 2.75) is 0 Å². The second-order valence-corrected chi connectivity index (χ2v) is 14.8. The summed E-state index contributed by atoms with van der Waals surface area (Å²) >= 11 is 0. The van der Waals surface area contributed by atoms with E-state index >= 15 is 0 Å². The normalized spacial score (nSPS) is 11.6. The van der Waals surface area contributed by atoms with E-state index in [9.17, 15) is 0 Å². The Balaban J connectivity index is 1.19. The maximum Gasteiger partial charge on any atom is -0.00261 e. The summed E-state index contributed by atoms with van der Waals surface area (Å²) < 4.78 is 0. The summed E-state index contributed by atoms with van der Waals surface area (Å²) in [4.78, 5) is 0. The summed E-state index contributed by atoms with van der Waals surface area (Å²) in [6.45, 7) is 0. The van der Waals surface area contributed by atoms with E-state index in [1.807, 2.05) is 0 Å². The Morgan fingerprint density at radius 3 is 1.27 bits per heavy atom. The van der Waals surface area contributed by atoms with Crippen LogP contribution in [0.3, 0.4) is 0 Å². The molecule has 0 aliphatic carbocycles. The maximum absolute atomic E-state index is 2.45. The molecule has 0 radical (unpaired) electrons. The van der Waals surface area contributed by atoms with Crippen LogP contribution in [-0.2, 0) is 0 Å². The molecule has 0 heterocycles. The lowest BCUT2D eigenvalue weighted by atomic mass is 9.84. The Bertz CT molecular complexity index is 3240. The molecule has 11 aromatic carbocycles. The molecular formula is C56H36. The van der Waals surface area contributed by atoms with Crippen LogP contribution in [0, 0.1) is 0 Å². The zero-order chi connectivity index (χ0) is 37.0. The molecule has 0 N–H and O–H groups in total. The van der Waals surface area contributed by atoms with E-state index < -0.39 is 0 Å². The first-order chi connectivity index (χ1) is 27.8. The average molecular weight is 709 g/mol. The lowest BCUT2D eigenvalue weighted by Gasteiger charge is -2.19. The third-order valence-electron chi connectivity index (χ3n) is 11.6. The molecule has 0 aromatic heterocycles. The van der Waals surface area contributed by atoms with Gasteiger partial charge in [0.2, 0.25) is 0 Å². The second-order valence-electron chi connectivity index (χ2n) is 14.8. The van der Waals surface area contributed by atoms with Gasteiger partial charge in [0.1, 0.15) is 0 Å². The molecule has 0 aliphatic heterocycles. The van der Waals surface area contributed by atoms with Gasteiger partial charge < -0.3 is 0 Å². The van der Waals surface area contributed by atoms with Crippen molar-refractivity contribution in [2.75, 3.05) is 0 Å². The van der Waals surface area contributed by atoms with Crippen LogP contribution in [0.25, 0.3) is 109 Å². The van der Waals surface area contributed by atoms with Crippen LogP contribution < -0.4 is 0 Å². The molecule has 260 valence electrons. The predicted octanol–water partition coefficient (Wildman–Crippen LogP) is 15.8. The van der Waals surface area contributed by atoms with E-state index in [2.05, 4.69) is 218 Å². The number of rotatable bonds is 5. The van der Waals surface area contributed by atoms with Crippen LogP contribution in [0.2, 0.25) is 0 Å². The fraction of sp³-hybridized carbons (Fsp3) is 0. The molecule has 11 rings (SSSR count). The fourth-order valence-corrected chi connectivity index (χ4v) is 8.95. The van der Waals surface area contributed by atoms with E-state index in [1.165, 1.54) is 109 Å². The van der Waals surface area contributed by atoms with Crippen LogP contribution in [0.15, 0.2) is 218 Å². The number of hydrogen-bond acceptors (Lipinski definition) is 0. The van der Waals surface area contributed by atoms with Crippen molar-refractivity contribution in [1.82, 2.24) is 0 Å². The molecule has 0 saturated carbocycles. The summed E-state index contributed by atoms with van der Waals surface area (Å²) in [5, 5.41) is 12.5. The minimum atomic E-state index is 1.21. The molecule has 0 nitrogen and oxygen atoms in total. The lowest BCUT2D eigenvalue weighted by Crippen LogP contribution is -1.92. The Morgan fingerprint density at radius 1 is 0.179 bits per heavy atom. The molecule has 56 heavy (non-hydrogen) atoms. The maximum atomic E-state index is 2.45. The molecule has 0 unspecified atom stereocenters. The van der Waals surface area contributed by atoms with Gasteiger partial charge in [-0.1, -0.05) is 188 Å². The van der Waals surface area contributed by atoms with Gasteiger partial charge in [0.15, 0.2) is 0 Å². The average Bonchev–Trinajstić information content (AvgIpc) is 3.27. The van der Waals surface area contributed by atoms with E-state index in [0.29, 0.717) is 0 Å². The molecule has 0 heteroatoms. The van der Waals surface area contributed by atoms with Crippen molar-refractivity contribution in [3.05, 3.63) is 218 Å². The van der Waals surface area contributed by atoms with Gasteiger partial charge in [-0.25, -0.2) is 0 Å². The third kappa shape index (κ3) is 5.38. The zero-order valence-corrected chi connectivity index (χ0v) is 30.8. The minimum Gasteiger partial charge on any atom is -0.0622 e. The minimum absolute atomic E-state index is 1.21. The van der Waals surface area contributed by atoms with Gasteiger partial charge >= 0.3 is 0 Å². The number of fused-ring (bicyclic) bond motifs is 5. The van der Waals surface area contributed by atoms with Gasteiger partial charge in [0, 0.05) is 0 Å². The summed E-state index contributed by atoms with van der Waals surface area (Å²) in [6, 6.07) is 80.5. The van der Waals surface area contributed by atoms with Crippen molar-refractivity contribution < 1.29 is 0 Å². The highest BCUT2D eigenvalue weighted by Gasteiger charge is 2.19. The summed E-state index contributed by atoms with van der Waals surface area (Å²) in [6.07, 6.45) is 0. The van der Waals surface area contributed by atoms with Crippen LogP contribution in [0.1, 0.15) is 0 Å². The van der Waals surface area contributed by atoms with Crippen LogP contribution in [0.5, 0.6) is 0 Å². The Morgan fingerprint density at radius 2 is 0.625 bits per heavy atom. The summed E-state index contributed by atoms with van der Waals surface area (Å²) in [5.74, 6) is 0. The van der Waals surface area contributed by atoms with Gasteiger partial charge in [-0.3, -0.25) is 0 Å². The lowest BCUT2D eigenvalue weighted by molar-refractivity contribution is 1.60. The molecule has 11 aromatic rings. The first kappa shape index (κ1) is 32.2. The number of hydrogen-bond donors (Lipinski definition) is 0. The van der Waals surface area contributed by atoms with E-state index in [1.54, 1.807) is 0 Å². The fourth-order valence-electron chi connectivity index (χ4n) is 8.95. The molecule has 0 amide bonds. The van der Waals surface area contributed by atoms with Crippen LogP contribution >= 0.6 is 0 Å². The second kappa shape index (κ2) is 13.2. The molecular weight excluding hydrogens is 673 g/mol. The zero-order valence-electron chi connectivity index (χ0n) is 30.8. The predicted molar refractivity (Wildman–Crippen MR) is 241 cm³/mol. The molecule has 0 bridgehead atoms. The molecule has 0 fully saturated rings. The summed E-state index contributed by atoms with van der Waals surface area (Å²) in [7, 11) is 0. The SMILES string of the molecule is c1ccc(-c2c3ccccc3c(-c3ccc4cc(-c5ccc6ccccc6c5)cc(-c5ccccc5-c5ccc6ccccc6c5)c4c3)c3ccccc23)cc1. The van der Waals surface area contributed by atoms with Crippen molar-refractivity contribution in [2.24, 2.45) is 0 Å². The first-order valence-electron chi connectivity index (χ1n) is 19.4. The van der Waals surface area contributed by atoms with Gasteiger partial charge in [-0.15, -0.1) is 0 Å². The molecule has 0 aliphatic rings. The first-order valence-corrected chi connectivity index (χ1v) is 19.4. The highest BCUT2D eigenvalue weighted by Crippen LogP contribution is 2.46.